The number of nitrogens with zero attached hydrogens (tertiary/aromatic N) is 7. The average Bonchev–Trinajstić information content (AvgIpc) is 3.67. The Morgan fingerprint density at radius 1 is 0.852 bits per heavy atom. The number of anilines is 2. The molecule has 0 unspecified atom stereocenters. The van der Waals surface area contributed by atoms with Crippen molar-refractivity contribution in [3.8, 4) is 11.4 Å². The van der Waals surface area contributed by atoms with Crippen LogP contribution in [0.25, 0.3) is 55.5 Å². The van der Waals surface area contributed by atoms with Crippen molar-refractivity contribution >= 4 is 79.0 Å². The number of aliphatic hydroxyl groups excluding tert-OH is 1. The van der Waals surface area contributed by atoms with Gasteiger partial charge >= 0.3 is 17.6 Å². The van der Waals surface area contributed by atoms with Gasteiger partial charge in [-0.1, -0.05) is 35.3 Å². The number of nitrogens with one attached hydrogen (secondary N) is 2. The minimum atomic E-state index is -4.76. The van der Waals surface area contributed by atoms with Gasteiger partial charge in [-0.2, -0.15) is 23.1 Å². The summed E-state index contributed by atoms with van der Waals surface area (Å²) in [7, 11) is 1.65. The van der Waals surface area contributed by atoms with Gasteiger partial charge in [0.25, 0.3) is 0 Å². The van der Waals surface area contributed by atoms with E-state index in [0.717, 1.165) is 22.2 Å². The maximum Gasteiger partial charge on any atom is 0.433 e. The predicted molar refractivity (Wildman–Crippen MR) is 199 cm³/mol. The molecule has 6 aromatic heterocycles. The molecule has 0 saturated heterocycles. The number of hydrogen-bond donors (Lipinski definition) is 3. The molecule has 2 aromatic carbocycles. The van der Waals surface area contributed by atoms with E-state index >= 15 is 0 Å². The highest BCUT2D eigenvalue weighted by Gasteiger charge is 2.34. The molecule has 3 N–H and O–H groups in total. The van der Waals surface area contributed by atoms with Gasteiger partial charge in [-0.3, -0.25) is 14.1 Å². The number of benzene rings is 2. The second-order valence-corrected chi connectivity index (χ2v) is 13.0. The molecule has 13 nitrogen and oxygen atoms in total. The molecule has 0 aliphatic rings. The van der Waals surface area contributed by atoms with Gasteiger partial charge in [-0.15, -0.1) is 0 Å². The van der Waals surface area contributed by atoms with E-state index in [2.05, 4.69) is 25.6 Å². The fraction of sp³-hybridized carbons (Fsp3) is 0.167. The summed E-state index contributed by atoms with van der Waals surface area (Å²) in [6.45, 7) is 1.77. The van der Waals surface area contributed by atoms with E-state index in [-0.39, 0.29) is 58.4 Å². The van der Waals surface area contributed by atoms with Gasteiger partial charge in [0, 0.05) is 24.0 Å². The van der Waals surface area contributed by atoms with Gasteiger partial charge in [0.15, 0.2) is 22.8 Å². The molecule has 0 bridgehead atoms. The molecule has 0 radical (unpaired) electrons. The molecular formula is C36H26Cl2F3N9O4. The first-order chi connectivity index (χ1) is 25.9. The van der Waals surface area contributed by atoms with Crippen molar-refractivity contribution in [2.75, 3.05) is 24.3 Å². The van der Waals surface area contributed by atoms with Crippen molar-refractivity contribution in [1.82, 2.24) is 33.6 Å². The Bertz CT molecular complexity index is 2940. The Morgan fingerprint density at radius 3 is 2.30 bits per heavy atom. The normalized spacial score (nSPS) is 12.1. The number of furan rings is 1. The largest absolute Gasteiger partial charge is 0.449 e. The van der Waals surface area contributed by atoms with Gasteiger partial charge in [-0.25, -0.2) is 14.6 Å². The van der Waals surface area contributed by atoms with Crippen LogP contribution in [-0.2, 0) is 19.3 Å². The Labute approximate surface area is 311 Å². The zero-order valence-electron chi connectivity index (χ0n) is 28.2. The number of halogens is 5. The van der Waals surface area contributed by atoms with Crippen molar-refractivity contribution < 1.29 is 22.7 Å². The summed E-state index contributed by atoms with van der Waals surface area (Å²) in [4.78, 5) is 44.3. The van der Waals surface area contributed by atoms with Crippen molar-refractivity contribution in [3.05, 3.63) is 115 Å². The molecule has 0 spiro atoms. The van der Waals surface area contributed by atoms with Crippen LogP contribution in [0.2, 0.25) is 10.0 Å². The minimum absolute atomic E-state index is 0.0102. The minimum Gasteiger partial charge on any atom is -0.449 e. The molecule has 6 heterocycles. The van der Waals surface area contributed by atoms with Crippen LogP contribution in [0, 0.1) is 6.92 Å². The third kappa shape index (κ3) is 5.69. The van der Waals surface area contributed by atoms with E-state index in [1.165, 1.54) is 16.7 Å². The third-order valence-corrected chi connectivity index (χ3v) is 9.48. The summed E-state index contributed by atoms with van der Waals surface area (Å²) in [6.07, 6.45) is -4.76. The second-order valence-electron chi connectivity index (χ2n) is 12.2. The van der Waals surface area contributed by atoms with Crippen LogP contribution in [-0.4, -0.2) is 52.4 Å². The number of aliphatic hydroxyl groups is 1. The Morgan fingerprint density at radius 2 is 1.59 bits per heavy atom. The summed E-state index contributed by atoms with van der Waals surface area (Å²) in [6, 6.07) is 16.9. The summed E-state index contributed by atoms with van der Waals surface area (Å²) in [5.41, 5.74) is 0.423. The van der Waals surface area contributed by atoms with Crippen LogP contribution in [0.1, 0.15) is 17.1 Å². The molecule has 0 aliphatic carbocycles. The first-order valence-corrected chi connectivity index (χ1v) is 17.1. The zero-order valence-corrected chi connectivity index (χ0v) is 29.7. The van der Waals surface area contributed by atoms with Crippen molar-refractivity contribution in [3.63, 3.8) is 0 Å². The second kappa shape index (κ2) is 13.2. The van der Waals surface area contributed by atoms with Gasteiger partial charge < -0.3 is 24.7 Å². The van der Waals surface area contributed by atoms with Crippen molar-refractivity contribution in [2.45, 2.75) is 26.2 Å². The highest BCUT2D eigenvalue weighted by molar-refractivity contribution is 6.32. The molecule has 0 aliphatic heterocycles. The molecule has 0 amide bonds. The molecule has 274 valence electrons. The van der Waals surface area contributed by atoms with Crippen LogP contribution in [0.3, 0.4) is 0 Å². The van der Waals surface area contributed by atoms with Gasteiger partial charge in [0.1, 0.15) is 22.2 Å². The molecular weight excluding hydrogens is 750 g/mol. The number of rotatable bonds is 8. The fourth-order valence-electron chi connectivity index (χ4n) is 6.67. The lowest BCUT2D eigenvalue weighted by Gasteiger charge is -2.15. The Balaban J connectivity index is 1.23. The van der Waals surface area contributed by atoms with E-state index in [1.54, 1.807) is 50.4 Å². The molecule has 0 saturated carbocycles. The van der Waals surface area contributed by atoms with Crippen molar-refractivity contribution in [1.29, 1.82) is 0 Å². The standard InChI is InChI=1S/C36H26Cl2F3N9O4/c1-17-22(49-28-20-15-18(37)7-9-23(20)48(13-14-51)30(28)32(42-2)46-34(49)52)10-8-19(44-17)16-43-33-31-29(27-25(54-31)11-12-26(45-27)36(39,40)41)50(35(53)47-33)24-6-4-3-5-21(24)38/h3-12,15,51H,13-14,16H2,1-2H3,(H,42,46,52)(H,43,47,53). The van der Waals surface area contributed by atoms with E-state index in [4.69, 9.17) is 32.6 Å². The lowest BCUT2D eigenvalue weighted by Crippen LogP contribution is -2.25. The van der Waals surface area contributed by atoms with Crippen molar-refractivity contribution in [2.24, 2.45) is 0 Å². The highest BCUT2D eigenvalue weighted by Crippen LogP contribution is 2.37. The maximum absolute atomic E-state index is 13.7. The van der Waals surface area contributed by atoms with E-state index in [1.807, 2.05) is 10.6 Å². The molecule has 8 rings (SSSR count). The molecule has 18 heteroatoms. The first kappa shape index (κ1) is 35.1. The van der Waals surface area contributed by atoms with Gasteiger partial charge in [0.05, 0.1) is 52.0 Å². The molecule has 54 heavy (non-hydrogen) atoms. The predicted octanol–water partition coefficient (Wildman–Crippen LogP) is 6.86. The maximum atomic E-state index is 13.7. The van der Waals surface area contributed by atoms with E-state index < -0.39 is 23.2 Å². The molecule has 8 aromatic rings. The lowest BCUT2D eigenvalue weighted by molar-refractivity contribution is -0.140. The number of aromatic nitrogens is 7. The smallest absolute Gasteiger partial charge is 0.433 e. The number of pyridine rings is 2. The molecule has 0 fully saturated rings. The summed E-state index contributed by atoms with van der Waals surface area (Å²) in [5.74, 6) is 0.260. The van der Waals surface area contributed by atoms with Crippen LogP contribution < -0.4 is 22.0 Å². The lowest BCUT2D eigenvalue weighted by atomic mass is 10.2. The topological polar surface area (TPSA) is 158 Å². The van der Waals surface area contributed by atoms with Crippen LogP contribution >= 0.6 is 23.2 Å². The Hall–Kier alpha value is -5.97. The summed E-state index contributed by atoms with van der Waals surface area (Å²) in [5, 5.41) is 17.2. The van der Waals surface area contributed by atoms with Gasteiger partial charge in [0.2, 0.25) is 0 Å². The zero-order chi connectivity index (χ0) is 38.1. The number of alkyl halides is 3. The highest BCUT2D eigenvalue weighted by atomic mass is 35.5. The Kier molecular flexibility index (Phi) is 8.55. The first-order valence-electron chi connectivity index (χ1n) is 16.3. The summed E-state index contributed by atoms with van der Waals surface area (Å²) >= 11 is 12.8. The van der Waals surface area contributed by atoms with E-state index in [9.17, 15) is 27.9 Å². The van der Waals surface area contributed by atoms with Crippen LogP contribution in [0.15, 0.2) is 80.7 Å². The molecule has 0 atom stereocenters. The van der Waals surface area contributed by atoms with Crippen LogP contribution in [0.5, 0.6) is 0 Å². The summed E-state index contributed by atoms with van der Waals surface area (Å²) < 4.78 is 51.6. The number of aryl methyl sites for hydroxylation is 1. The fourth-order valence-corrected chi connectivity index (χ4v) is 7.07. The van der Waals surface area contributed by atoms with Gasteiger partial charge in [-0.05, 0) is 61.5 Å². The number of fused-ring (bicyclic) bond motifs is 6. The number of para-hydroxylation sites is 1. The number of hydrogen-bond acceptors (Lipinski definition) is 10. The quantitative estimate of drug-likeness (QED) is 0.149. The average molecular weight is 777 g/mol. The monoisotopic (exact) mass is 775 g/mol. The van der Waals surface area contributed by atoms with Crippen LogP contribution in [0.4, 0.5) is 24.8 Å². The SMILES string of the molecule is CNc1nc(=O)n(-c2ccc(CNc3nc(=O)n(-c4ccccc4Cl)c4c3oc3ccc(C(F)(F)F)nc34)nc2C)c2c3cc(Cl)ccc3n(CCO)c12. The third-order valence-electron chi connectivity index (χ3n) is 8.93. The van der Waals surface area contributed by atoms with E-state index in [0.29, 0.717) is 44.3 Å².